The van der Waals surface area contributed by atoms with Gasteiger partial charge in [0.1, 0.15) is 0 Å². The molecule has 0 aromatic heterocycles. The summed E-state index contributed by atoms with van der Waals surface area (Å²) in [5.41, 5.74) is 0. The molecule has 0 aliphatic carbocycles. The second-order valence-electron chi connectivity index (χ2n) is 19.2. The van der Waals surface area contributed by atoms with Gasteiger partial charge in [-0.3, -0.25) is 0 Å². The van der Waals surface area contributed by atoms with Crippen molar-refractivity contribution in [1.82, 2.24) is 0 Å². The number of carbonyl (C=O) groups is 3. The molecule has 0 saturated carbocycles. The Morgan fingerprint density at radius 1 is 0.239 bits per heavy atom. The average molecular weight is 1090 g/mol. The summed E-state index contributed by atoms with van der Waals surface area (Å²) in [6.07, 6.45) is 71.5. The van der Waals surface area contributed by atoms with Crippen molar-refractivity contribution in [3.63, 3.8) is 0 Å². The van der Waals surface area contributed by atoms with Crippen molar-refractivity contribution < 1.29 is 67.4 Å². The van der Waals surface area contributed by atoms with Crippen molar-refractivity contribution >= 4 is 17.9 Å². The first kappa shape index (κ1) is 72.4. The van der Waals surface area contributed by atoms with Crippen molar-refractivity contribution in [2.75, 3.05) is 0 Å². The van der Waals surface area contributed by atoms with Gasteiger partial charge in [0.15, 0.2) is 0 Å². The molecule has 0 heterocycles. The van der Waals surface area contributed by atoms with Crippen LogP contribution in [0.15, 0.2) is 36.5 Å². The fourth-order valence-corrected chi connectivity index (χ4v) is 8.08. The molecule has 0 fully saturated rings. The molecule has 67 heavy (non-hydrogen) atoms. The van der Waals surface area contributed by atoms with E-state index in [0.717, 1.165) is 38.5 Å². The summed E-state index contributed by atoms with van der Waals surface area (Å²) in [6, 6.07) is 0. The van der Waals surface area contributed by atoms with Crippen LogP contribution in [0.3, 0.4) is 0 Å². The largest absolute Gasteiger partial charge is 3.00 e. The van der Waals surface area contributed by atoms with E-state index in [9.17, 15) is 29.7 Å². The molecular formula is C60H111HoO6. The van der Waals surface area contributed by atoms with Gasteiger partial charge in [0.25, 0.3) is 0 Å². The molecule has 0 bridgehead atoms. The van der Waals surface area contributed by atoms with E-state index in [1.807, 2.05) is 0 Å². The van der Waals surface area contributed by atoms with Gasteiger partial charge in [0.05, 0.1) is 0 Å². The van der Waals surface area contributed by atoms with E-state index in [2.05, 4.69) is 57.2 Å². The molecule has 0 aromatic carbocycles. The van der Waals surface area contributed by atoms with Gasteiger partial charge in [0, 0.05) is 17.9 Å². The Hall–Kier alpha value is -1.11. The van der Waals surface area contributed by atoms with Gasteiger partial charge in [-0.15, -0.1) is 0 Å². The standard InChI is InChI=1S/3C20H38O2.Ho/c3*1-2-3-4-5-6-7-8-9-10-11-12-13-14-15-16-17-18-19-20(21)22;/h3*9-10H,2-8,11-19H2,1H3,(H,21,22);/q;;;+3/p-3/b3*10-9-;. The predicted octanol–water partition coefficient (Wildman–Crippen LogP) is 16.7. The number of hydrogen-bond acceptors (Lipinski definition) is 6. The molecule has 0 radical (unpaired) electrons. The zero-order valence-electron chi connectivity index (χ0n) is 44.7. The summed E-state index contributed by atoms with van der Waals surface area (Å²) in [6.45, 7) is 6.79. The first-order chi connectivity index (χ1) is 32.3. The maximum atomic E-state index is 10.2. The summed E-state index contributed by atoms with van der Waals surface area (Å²) in [5.74, 6) is -2.73. The first-order valence-corrected chi connectivity index (χ1v) is 28.9. The van der Waals surface area contributed by atoms with Crippen LogP contribution in [0, 0.1) is 37.7 Å². The first-order valence-electron chi connectivity index (χ1n) is 28.9. The van der Waals surface area contributed by atoms with E-state index in [1.165, 1.54) is 250 Å². The summed E-state index contributed by atoms with van der Waals surface area (Å²) >= 11 is 0. The SMILES string of the molecule is CCCCCCCC/C=C\CCCCCCCCCC(=O)[O-].CCCCCCCC/C=C\CCCCCCCCCC(=O)[O-].CCCCCCCC/C=C\CCCCCCCCCC(=O)[O-].[Ho+3]. The minimum Gasteiger partial charge on any atom is -0.550 e. The fraction of sp³-hybridized carbons (Fsp3) is 0.850. The molecule has 0 aliphatic heterocycles. The molecule has 0 aliphatic rings. The van der Waals surface area contributed by atoms with Gasteiger partial charge in [-0.05, 0) is 116 Å². The smallest absolute Gasteiger partial charge is 0.550 e. The van der Waals surface area contributed by atoms with Gasteiger partial charge in [0.2, 0.25) is 0 Å². The number of unbranched alkanes of at least 4 members (excludes halogenated alkanes) is 39. The Balaban J connectivity index is -0.000000441. The second-order valence-corrected chi connectivity index (χ2v) is 19.2. The van der Waals surface area contributed by atoms with E-state index < -0.39 is 17.9 Å². The van der Waals surface area contributed by atoms with Crippen molar-refractivity contribution in [3.8, 4) is 0 Å². The minimum atomic E-state index is -0.909. The summed E-state index contributed by atoms with van der Waals surface area (Å²) < 4.78 is 0. The van der Waals surface area contributed by atoms with Crippen LogP contribution >= 0.6 is 0 Å². The van der Waals surface area contributed by atoms with Crippen LogP contribution < -0.4 is 15.3 Å². The molecule has 0 aromatic rings. The number of carboxylic acids is 3. The Kier molecular flexibility index (Phi) is 74.8. The van der Waals surface area contributed by atoms with Crippen LogP contribution in [-0.4, -0.2) is 17.9 Å². The molecule has 0 atom stereocenters. The summed E-state index contributed by atoms with van der Waals surface area (Å²) in [5, 5.41) is 30.7. The average Bonchev–Trinajstić information content (AvgIpc) is 3.29. The van der Waals surface area contributed by atoms with Gasteiger partial charge >= 0.3 is 37.7 Å². The van der Waals surface area contributed by atoms with Crippen LogP contribution in [0.25, 0.3) is 0 Å². The topological polar surface area (TPSA) is 120 Å². The normalized spacial score (nSPS) is 11.1. The third kappa shape index (κ3) is 82.2. The van der Waals surface area contributed by atoms with Crippen molar-refractivity contribution in [2.45, 2.75) is 329 Å². The third-order valence-corrected chi connectivity index (χ3v) is 12.4. The number of hydrogen-bond donors (Lipinski definition) is 0. The van der Waals surface area contributed by atoms with Gasteiger partial charge in [-0.2, -0.15) is 0 Å². The number of allylic oxidation sites excluding steroid dienone is 6. The predicted molar refractivity (Wildman–Crippen MR) is 281 cm³/mol. The number of aliphatic carboxylic acids is 3. The van der Waals surface area contributed by atoms with Crippen LogP contribution in [0.4, 0.5) is 0 Å². The van der Waals surface area contributed by atoms with Crippen LogP contribution in [-0.2, 0) is 14.4 Å². The van der Waals surface area contributed by atoms with Gasteiger partial charge < -0.3 is 29.7 Å². The van der Waals surface area contributed by atoms with Gasteiger partial charge in [-0.25, -0.2) is 0 Å². The monoisotopic (exact) mass is 1090 g/mol. The van der Waals surface area contributed by atoms with E-state index in [-0.39, 0.29) is 57.0 Å². The molecule has 0 rings (SSSR count). The maximum Gasteiger partial charge on any atom is 3.00 e. The fourth-order valence-electron chi connectivity index (χ4n) is 8.08. The number of carboxylic acid groups (broad SMARTS) is 3. The zero-order chi connectivity index (χ0) is 48.9. The quantitative estimate of drug-likeness (QED) is 0.0340. The van der Waals surface area contributed by atoms with E-state index in [0.29, 0.717) is 0 Å². The molecule has 6 nitrogen and oxygen atoms in total. The van der Waals surface area contributed by atoms with E-state index in [1.54, 1.807) is 0 Å². The molecule has 398 valence electrons. The molecule has 0 saturated heterocycles. The van der Waals surface area contributed by atoms with E-state index in [4.69, 9.17) is 0 Å². The molecule has 0 amide bonds. The van der Waals surface area contributed by atoms with Crippen molar-refractivity contribution in [3.05, 3.63) is 36.5 Å². The van der Waals surface area contributed by atoms with Crippen molar-refractivity contribution in [2.24, 2.45) is 0 Å². The number of rotatable bonds is 51. The molecule has 0 spiro atoms. The Morgan fingerprint density at radius 2 is 0.373 bits per heavy atom. The minimum absolute atomic E-state index is 0. The summed E-state index contributed by atoms with van der Waals surface area (Å²) in [7, 11) is 0. The molecule has 7 heteroatoms. The Bertz CT molecular complexity index is 911. The van der Waals surface area contributed by atoms with Crippen LogP contribution in [0.2, 0.25) is 0 Å². The Labute approximate surface area is 447 Å². The van der Waals surface area contributed by atoms with Crippen LogP contribution in [0.1, 0.15) is 329 Å². The van der Waals surface area contributed by atoms with Gasteiger partial charge in [-0.1, -0.05) is 250 Å². The van der Waals surface area contributed by atoms with E-state index >= 15 is 0 Å². The zero-order valence-corrected chi connectivity index (χ0v) is 46.6. The molecule has 0 N–H and O–H groups in total. The Morgan fingerprint density at radius 3 is 0.522 bits per heavy atom. The second kappa shape index (κ2) is 69.2. The van der Waals surface area contributed by atoms with Crippen LogP contribution in [0.5, 0.6) is 0 Å². The number of carbonyl (C=O) groups excluding carboxylic acids is 3. The molecule has 0 unspecified atom stereocenters. The molecular weight excluding hydrogens is 982 g/mol. The van der Waals surface area contributed by atoms with Crippen molar-refractivity contribution in [1.29, 1.82) is 0 Å². The third-order valence-electron chi connectivity index (χ3n) is 12.4. The summed E-state index contributed by atoms with van der Waals surface area (Å²) in [4.78, 5) is 30.7. The maximum absolute atomic E-state index is 10.2.